The largest absolute Gasteiger partial charge is 0.452 e. The molecule has 2 aromatic carbocycles. The zero-order valence-electron chi connectivity index (χ0n) is 18.1. The van der Waals surface area contributed by atoms with Gasteiger partial charge in [-0.25, -0.2) is 4.79 Å². The summed E-state index contributed by atoms with van der Waals surface area (Å²) in [5.41, 5.74) is 2.31. The van der Waals surface area contributed by atoms with Gasteiger partial charge < -0.3 is 10.1 Å². The van der Waals surface area contributed by atoms with Gasteiger partial charge in [-0.3, -0.25) is 19.3 Å². The number of nitrogens with one attached hydrogen (secondary N) is 1. The van der Waals surface area contributed by atoms with Crippen LogP contribution >= 0.6 is 27.5 Å². The number of nitrogens with zero attached hydrogens (tertiary/aromatic N) is 1. The number of anilines is 2. The zero-order chi connectivity index (χ0) is 24.1. The molecule has 3 aliphatic rings. The van der Waals surface area contributed by atoms with Gasteiger partial charge in [-0.05, 0) is 83.6 Å². The molecule has 9 heteroatoms. The minimum Gasteiger partial charge on any atom is -0.452 e. The zero-order valence-corrected chi connectivity index (χ0v) is 20.4. The van der Waals surface area contributed by atoms with Crippen LogP contribution in [0.15, 0.2) is 58.6 Å². The summed E-state index contributed by atoms with van der Waals surface area (Å²) in [5.74, 6) is -1.85. The van der Waals surface area contributed by atoms with Crippen LogP contribution in [-0.2, 0) is 19.1 Å². The standard InChI is InChI=1S/C25H20BrClN2O5/c1-12-8-14-9-17(12)22-21(14)23(31)29(24(22)32)16-5-2-13(3-6-16)25(33)34-11-20(30)28-15-4-7-18(26)19(27)10-15/h2-8,10,14,17,21-22H,9,11H2,1H3,(H,28,30)/t14-,17+,21+,22-/m0/s1. The van der Waals surface area contributed by atoms with E-state index >= 15 is 0 Å². The molecular weight excluding hydrogens is 524 g/mol. The first-order valence-corrected chi connectivity index (χ1v) is 12.0. The van der Waals surface area contributed by atoms with Crippen LogP contribution in [0, 0.1) is 23.7 Å². The predicted octanol–water partition coefficient (Wildman–Crippen LogP) is 4.60. The van der Waals surface area contributed by atoms with Crippen molar-refractivity contribution in [2.45, 2.75) is 13.3 Å². The van der Waals surface area contributed by atoms with Gasteiger partial charge in [0.05, 0.1) is 28.1 Å². The number of allylic oxidation sites excluding steroid dienone is 2. The fourth-order valence-electron chi connectivity index (χ4n) is 5.26. The Hall–Kier alpha value is -2.97. The molecule has 1 N–H and O–H groups in total. The summed E-state index contributed by atoms with van der Waals surface area (Å²) in [7, 11) is 0. The molecule has 174 valence electrons. The molecule has 5 rings (SSSR count). The Bertz CT molecular complexity index is 1260. The first-order chi connectivity index (χ1) is 16.2. The summed E-state index contributed by atoms with van der Waals surface area (Å²) in [6.45, 7) is 1.55. The highest BCUT2D eigenvalue weighted by atomic mass is 79.9. The van der Waals surface area contributed by atoms with Gasteiger partial charge in [0.25, 0.3) is 5.91 Å². The van der Waals surface area contributed by atoms with E-state index in [9.17, 15) is 19.2 Å². The highest BCUT2D eigenvalue weighted by Gasteiger charge is 2.60. The lowest BCUT2D eigenvalue weighted by molar-refractivity contribution is -0.123. The summed E-state index contributed by atoms with van der Waals surface area (Å²) in [6, 6.07) is 11.0. The van der Waals surface area contributed by atoms with Crippen molar-refractivity contribution in [1.29, 1.82) is 0 Å². The fourth-order valence-corrected chi connectivity index (χ4v) is 5.69. The number of halogens is 2. The Kier molecular flexibility index (Phi) is 5.81. The number of rotatable bonds is 5. The topological polar surface area (TPSA) is 92.8 Å². The molecule has 1 saturated carbocycles. The maximum Gasteiger partial charge on any atom is 0.338 e. The molecule has 0 spiro atoms. The number of esters is 1. The quantitative estimate of drug-likeness (QED) is 0.338. The van der Waals surface area contributed by atoms with E-state index in [1.807, 2.05) is 6.92 Å². The number of hydrogen-bond acceptors (Lipinski definition) is 5. The summed E-state index contributed by atoms with van der Waals surface area (Å²) < 4.78 is 5.78. The van der Waals surface area contributed by atoms with Crippen LogP contribution in [0.3, 0.4) is 0 Å². The number of fused-ring (bicyclic) bond motifs is 5. The van der Waals surface area contributed by atoms with Gasteiger partial charge in [0.1, 0.15) is 0 Å². The van der Waals surface area contributed by atoms with Crippen molar-refractivity contribution in [2.75, 3.05) is 16.8 Å². The van der Waals surface area contributed by atoms with Gasteiger partial charge >= 0.3 is 5.97 Å². The summed E-state index contributed by atoms with van der Waals surface area (Å²) >= 11 is 9.27. The Balaban J connectivity index is 1.20. The van der Waals surface area contributed by atoms with Crippen molar-refractivity contribution in [2.24, 2.45) is 23.7 Å². The molecule has 0 radical (unpaired) electrons. The minimum absolute atomic E-state index is 0.130. The molecule has 1 aliphatic heterocycles. The molecule has 0 unspecified atom stereocenters. The van der Waals surface area contributed by atoms with Crippen LogP contribution < -0.4 is 10.2 Å². The number of carbonyl (C=O) groups excluding carboxylic acids is 4. The molecular formula is C25H20BrClN2O5. The number of carbonyl (C=O) groups is 4. The third-order valence-corrected chi connectivity index (χ3v) is 8.01. The Morgan fingerprint density at radius 2 is 1.82 bits per heavy atom. The predicted molar refractivity (Wildman–Crippen MR) is 129 cm³/mol. The van der Waals surface area contributed by atoms with Gasteiger partial charge in [-0.1, -0.05) is 23.3 Å². The van der Waals surface area contributed by atoms with Crippen LogP contribution in [0.2, 0.25) is 5.02 Å². The second-order valence-corrected chi connectivity index (χ2v) is 10.0. The number of hydrogen-bond donors (Lipinski definition) is 1. The molecule has 2 bridgehead atoms. The lowest BCUT2D eigenvalue weighted by atomic mass is 9.82. The van der Waals surface area contributed by atoms with Crippen molar-refractivity contribution in [3.8, 4) is 0 Å². The van der Waals surface area contributed by atoms with E-state index in [0.717, 1.165) is 6.42 Å². The number of benzene rings is 2. The van der Waals surface area contributed by atoms with Gasteiger partial charge in [0.15, 0.2) is 6.61 Å². The first kappa shape index (κ1) is 22.8. The average molecular weight is 544 g/mol. The second kappa shape index (κ2) is 8.67. The Morgan fingerprint density at radius 3 is 2.53 bits per heavy atom. The highest BCUT2D eigenvalue weighted by Crippen LogP contribution is 2.55. The maximum absolute atomic E-state index is 13.1. The molecule has 4 atom stereocenters. The van der Waals surface area contributed by atoms with Crippen molar-refractivity contribution < 1.29 is 23.9 Å². The number of ether oxygens (including phenoxy) is 1. The van der Waals surface area contributed by atoms with E-state index in [2.05, 4.69) is 27.3 Å². The van der Waals surface area contributed by atoms with E-state index < -0.39 is 18.5 Å². The van der Waals surface area contributed by atoms with Gasteiger partial charge in [0.2, 0.25) is 11.8 Å². The van der Waals surface area contributed by atoms with Crippen molar-refractivity contribution in [3.63, 3.8) is 0 Å². The third-order valence-electron chi connectivity index (χ3n) is 6.78. The Morgan fingerprint density at radius 1 is 1.12 bits per heavy atom. The fraction of sp³-hybridized carbons (Fsp3) is 0.280. The molecule has 0 aromatic heterocycles. The van der Waals surface area contributed by atoms with Crippen LogP contribution in [0.4, 0.5) is 11.4 Å². The van der Waals surface area contributed by atoms with Crippen LogP contribution in [0.1, 0.15) is 23.7 Å². The average Bonchev–Trinajstić information content (AvgIpc) is 3.45. The number of imide groups is 1. The monoisotopic (exact) mass is 542 g/mol. The number of amides is 3. The molecule has 1 saturated heterocycles. The summed E-state index contributed by atoms with van der Waals surface area (Å²) in [5, 5.41) is 3.04. The van der Waals surface area contributed by atoms with E-state index in [4.69, 9.17) is 16.3 Å². The highest BCUT2D eigenvalue weighted by molar-refractivity contribution is 9.10. The normalized spacial score (nSPS) is 24.8. The van der Waals surface area contributed by atoms with Crippen LogP contribution in [0.5, 0.6) is 0 Å². The van der Waals surface area contributed by atoms with E-state index in [1.54, 1.807) is 30.3 Å². The van der Waals surface area contributed by atoms with E-state index in [1.165, 1.54) is 22.6 Å². The van der Waals surface area contributed by atoms with Crippen LogP contribution in [0.25, 0.3) is 0 Å². The van der Waals surface area contributed by atoms with Gasteiger partial charge in [0, 0.05) is 10.2 Å². The second-order valence-electron chi connectivity index (χ2n) is 8.78. The third kappa shape index (κ3) is 3.84. The molecule has 7 nitrogen and oxygen atoms in total. The Labute approximate surface area is 209 Å². The maximum atomic E-state index is 13.1. The first-order valence-electron chi connectivity index (χ1n) is 10.8. The van der Waals surface area contributed by atoms with Gasteiger partial charge in [-0.2, -0.15) is 0 Å². The molecule has 2 aliphatic carbocycles. The van der Waals surface area contributed by atoms with Crippen molar-refractivity contribution >= 4 is 62.6 Å². The van der Waals surface area contributed by atoms with E-state index in [0.29, 0.717) is 20.9 Å². The minimum atomic E-state index is -0.690. The van der Waals surface area contributed by atoms with E-state index in [-0.39, 0.29) is 41.0 Å². The smallest absolute Gasteiger partial charge is 0.338 e. The SMILES string of the molecule is CC1=C[C@H]2C[C@H]1[C@@H]1C(=O)N(c3ccc(C(=O)OCC(=O)Nc4ccc(Br)c(Cl)c4)cc3)C(=O)[C@@H]12. The summed E-state index contributed by atoms with van der Waals surface area (Å²) in [4.78, 5) is 51.8. The summed E-state index contributed by atoms with van der Waals surface area (Å²) in [6.07, 6.45) is 3.00. The molecule has 34 heavy (non-hydrogen) atoms. The van der Waals surface area contributed by atoms with Crippen LogP contribution in [-0.4, -0.2) is 30.3 Å². The molecule has 3 amide bonds. The lowest BCUT2D eigenvalue weighted by Crippen LogP contribution is -2.33. The van der Waals surface area contributed by atoms with Crippen molar-refractivity contribution in [1.82, 2.24) is 0 Å². The lowest BCUT2D eigenvalue weighted by Gasteiger charge is -2.19. The van der Waals surface area contributed by atoms with Crippen molar-refractivity contribution in [3.05, 3.63) is 69.2 Å². The molecule has 1 heterocycles. The molecule has 2 aromatic rings. The van der Waals surface area contributed by atoms with Gasteiger partial charge in [-0.15, -0.1) is 0 Å². The molecule has 2 fully saturated rings.